The van der Waals surface area contributed by atoms with Gasteiger partial charge in [0.1, 0.15) is 12.1 Å². The smallest absolute Gasteiger partial charge is 0.254 e. The van der Waals surface area contributed by atoms with Crippen LogP contribution in [0.15, 0.2) is 12.4 Å². The predicted octanol–water partition coefficient (Wildman–Crippen LogP) is 2.64. The molecule has 98 valence electrons. The van der Waals surface area contributed by atoms with Crippen LogP contribution in [0.4, 0.5) is 5.82 Å². The van der Waals surface area contributed by atoms with Crippen molar-refractivity contribution in [3.8, 4) is 0 Å². The average molecular weight is 268 g/mol. The number of hydrogen-bond donors (Lipinski definition) is 1. The van der Waals surface area contributed by atoms with E-state index >= 15 is 0 Å². The van der Waals surface area contributed by atoms with E-state index in [4.69, 9.17) is 11.6 Å². The maximum atomic E-state index is 5.87. The first-order chi connectivity index (χ1) is 8.58. The fourth-order valence-electron chi connectivity index (χ4n) is 1.87. The molecule has 2 heterocycles. The van der Waals surface area contributed by atoms with Crippen LogP contribution in [0, 0.1) is 6.92 Å². The Morgan fingerprint density at radius 1 is 1.50 bits per heavy atom. The third-order valence-electron chi connectivity index (χ3n) is 3.24. The van der Waals surface area contributed by atoms with Crippen LogP contribution in [0.2, 0.25) is 0 Å². The molecule has 0 bridgehead atoms. The van der Waals surface area contributed by atoms with Gasteiger partial charge >= 0.3 is 0 Å². The molecule has 1 unspecified atom stereocenters. The second kappa shape index (κ2) is 5.10. The molecule has 18 heavy (non-hydrogen) atoms. The Balaban J connectivity index is 2.38. The first-order valence-electron chi connectivity index (χ1n) is 6.09. The summed E-state index contributed by atoms with van der Waals surface area (Å²) >= 11 is 5.87. The van der Waals surface area contributed by atoms with Crippen molar-refractivity contribution in [1.82, 2.24) is 19.6 Å². The number of alkyl halides is 1. The summed E-state index contributed by atoms with van der Waals surface area (Å²) in [4.78, 5) is 8.44. The minimum atomic E-state index is -0.0472. The molecule has 0 aromatic carbocycles. The van der Waals surface area contributed by atoms with Gasteiger partial charge in [-0.1, -0.05) is 6.92 Å². The number of anilines is 1. The summed E-state index contributed by atoms with van der Waals surface area (Å²) in [5, 5.41) is 7.70. The number of fused-ring (bicyclic) bond motifs is 1. The Morgan fingerprint density at radius 2 is 2.28 bits per heavy atom. The van der Waals surface area contributed by atoms with Crippen molar-refractivity contribution in [3.05, 3.63) is 18.1 Å². The summed E-state index contributed by atoms with van der Waals surface area (Å²) in [7, 11) is 0. The van der Waals surface area contributed by atoms with Gasteiger partial charge in [-0.15, -0.1) is 11.6 Å². The predicted molar refractivity (Wildman–Crippen MR) is 73.2 cm³/mol. The number of aryl methyl sites for hydroxylation is 1. The van der Waals surface area contributed by atoms with Gasteiger partial charge in [-0.25, -0.2) is 4.98 Å². The molecule has 0 fully saturated rings. The monoisotopic (exact) mass is 267 g/mol. The first-order valence-corrected chi connectivity index (χ1v) is 6.63. The third kappa shape index (κ3) is 2.56. The van der Waals surface area contributed by atoms with Gasteiger partial charge in [-0.2, -0.15) is 14.6 Å². The summed E-state index contributed by atoms with van der Waals surface area (Å²) in [6.45, 7) is 6.25. The molecule has 0 aliphatic carbocycles. The maximum absolute atomic E-state index is 5.87. The molecule has 2 aromatic rings. The van der Waals surface area contributed by atoms with Gasteiger partial charge < -0.3 is 5.32 Å². The Hall–Kier alpha value is -1.36. The van der Waals surface area contributed by atoms with Crippen molar-refractivity contribution >= 4 is 23.2 Å². The molecule has 0 saturated heterocycles. The molecule has 6 heteroatoms. The van der Waals surface area contributed by atoms with E-state index in [-0.39, 0.29) is 5.54 Å². The minimum Gasteiger partial charge on any atom is -0.365 e. The van der Waals surface area contributed by atoms with Gasteiger partial charge in [-0.05, 0) is 26.7 Å². The summed E-state index contributed by atoms with van der Waals surface area (Å²) in [6, 6.07) is 1.98. The van der Waals surface area contributed by atoms with Crippen LogP contribution in [0.3, 0.4) is 0 Å². The van der Waals surface area contributed by atoms with Crippen LogP contribution in [0.1, 0.15) is 32.4 Å². The van der Waals surface area contributed by atoms with Crippen LogP contribution in [0.5, 0.6) is 0 Å². The Morgan fingerprint density at radius 3 is 2.94 bits per heavy atom. The van der Waals surface area contributed by atoms with Gasteiger partial charge in [-0.3, -0.25) is 0 Å². The summed E-state index contributed by atoms with van der Waals surface area (Å²) in [5.41, 5.74) is 0.872. The molecule has 0 spiro atoms. The Kier molecular flexibility index (Phi) is 3.71. The van der Waals surface area contributed by atoms with Crippen molar-refractivity contribution in [2.24, 2.45) is 0 Å². The number of hydrogen-bond acceptors (Lipinski definition) is 4. The number of aromatic nitrogens is 4. The minimum absolute atomic E-state index is 0.0472. The average Bonchev–Trinajstić information content (AvgIpc) is 2.77. The van der Waals surface area contributed by atoms with E-state index in [1.54, 1.807) is 4.52 Å². The lowest BCUT2D eigenvalue weighted by molar-refractivity contribution is 0.477. The fourth-order valence-corrected chi connectivity index (χ4v) is 2.28. The highest BCUT2D eigenvalue weighted by Gasteiger charge is 2.22. The van der Waals surface area contributed by atoms with Crippen molar-refractivity contribution in [2.45, 2.75) is 39.2 Å². The number of rotatable bonds is 5. The molecule has 0 aliphatic rings. The quantitative estimate of drug-likeness (QED) is 0.846. The summed E-state index contributed by atoms with van der Waals surface area (Å²) in [6.07, 6.45) is 3.39. The van der Waals surface area contributed by atoms with Crippen LogP contribution in [-0.2, 0) is 0 Å². The zero-order valence-corrected chi connectivity index (χ0v) is 11.7. The number of halogens is 1. The molecule has 0 amide bonds. The molecule has 0 aliphatic heterocycles. The van der Waals surface area contributed by atoms with Crippen molar-refractivity contribution in [1.29, 1.82) is 0 Å². The Labute approximate surface area is 112 Å². The van der Waals surface area contributed by atoms with E-state index in [2.05, 4.69) is 34.2 Å². The zero-order valence-electron chi connectivity index (χ0n) is 10.9. The maximum Gasteiger partial charge on any atom is 0.254 e. The normalized spacial score (nSPS) is 14.7. The van der Waals surface area contributed by atoms with Crippen LogP contribution >= 0.6 is 11.6 Å². The van der Waals surface area contributed by atoms with Crippen LogP contribution < -0.4 is 5.32 Å². The molecule has 5 nitrogen and oxygen atoms in total. The highest BCUT2D eigenvalue weighted by Crippen LogP contribution is 2.22. The lowest BCUT2D eigenvalue weighted by atomic mass is 9.95. The highest BCUT2D eigenvalue weighted by atomic mass is 35.5. The van der Waals surface area contributed by atoms with Gasteiger partial charge in [0, 0.05) is 23.2 Å². The van der Waals surface area contributed by atoms with Gasteiger partial charge in [0.05, 0.1) is 0 Å². The van der Waals surface area contributed by atoms with E-state index in [1.165, 1.54) is 6.33 Å². The standard InChI is InChI=1S/C12H18ClN5/c1-4-12(3,5-6-13)17-10-7-9(2)16-11-14-8-15-18(10)11/h7-8,17H,4-6H2,1-3H3. The summed E-state index contributed by atoms with van der Waals surface area (Å²) in [5.74, 6) is 2.15. The number of nitrogens with zero attached hydrogens (tertiary/aromatic N) is 4. The molecule has 2 aromatic heterocycles. The highest BCUT2D eigenvalue weighted by molar-refractivity contribution is 6.17. The summed E-state index contributed by atoms with van der Waals surface area (Å²) < 4.78 is 1.72. The topological polar surface area (TPSA) is 55.1 Å². The van der Waals surface area contributed by atoms with Gasteiger partial charge in [0.2, 0.25) is 0 Å². The fraction of sp³-hybridized carbons (Fsp3) is 0.583. The molecule has 0 radical (unpaired) electrons. The molecular formula is C12H18ClN5. The lowest BCUT2D eigenvalue weighted by Crippen LogP contribution is -2.35. The van der Waals surface area contributed by atoms with Crippen molar-refractivity contribution in [3.63, 3.8) is 0 Å². The van der Waals surface area contributed by atoms with Gasteiger partial charge in [0.15, 0.2) is 0 Å². The molecule has 1 N–H and O–H groups in total. The lowest BCUT2D eigenvalue weighted by Gasteiger charge is -2.30. The third-order valence-corrected chi connectivity index (χ3v) is 3.43. The van der Waals surface area contributed by atoms with Crippen LogP contribution in [0.25, 0.3) is 5.78 Å². The van der Waals surface area contributed by atoms with Crippen molar-refractivity contribution < 1.29 is 0 Å². The van der Waals surface area contributed by atoms with Crippen molar-refractivity contribution in [2.75, 3.05) is 11.2 Å². The Bertz CT molecular complexity index is 538. The molecule has 0 saturated carbocycles. The van der Waals surface area contributed by atoms with Gasteiger partial charge in [0.25, 0.3) is 5.78 Å². The largest absolute Gasteiger partial charge is 0.365 e. The molecule has 2 rings (SSSR count). The SMILES string of the molecule is CCC(C)(CCCl)Nc1cc(C)nc2ncnn12. The van der Waals surface area contributed by atoms with E-state index in [0.717, 1.165) is 24.4 Å². The van der Waals surface area contributed by atoms with E-state index < -0.39 is 0 Å². The van der Waals surface area contributed by atoms with E-state index in [9.17, 15) is 0 Å². The van der Waals surface area contributed by atoms with Crippen LogP contribution in [-0.4, -0.2) is 31.0 Å². The van der Waals surface area contributed by atoms with E-state index in [1.807, 2.05) is 13.0 Å². The van der Waals surface area contributed by atoms with E-state index in [0.29, 0.717) is 11.7 Å². The second-order valence-corrected chi connectivity index (χ2v) is 5.11. The first kappa shape index (κ1) is 13.1. The molecule has 1 atom stereocenters. The zero-order chi connectivity index (χ0) is 13.2. The molecular weight excluding hydrogens is 250 g/mol. The number of nitrogens with one attached hydrogen (secondary N) is 1. The second-order valence-electron chi connectivity index (χ2n) is 4.73.